The maximum Gasteiger partial charge on any atom is 0.251 e. The zero-order chi connectivity index (χ0) is 17.6. The van der Waals surface area contributed by atoms with Crippen LogP contribution in [0.15, 0.2) is 41.1 Å². The molecule has 1 saturated heterocycles. The van der Waals surface area contributed by atoms with Crippen molar-refractivity contribution in [2.75, 3.05) is 32.1 Å². The van der Waals surface area contributed by atoms with Crippen LogP contribution in [0, 0.1) is 0 Å². The van der Waals surface area contributed by atoms with Crippen LogP contribution in [0.1, 0.15) is 38.5 Å². The second-order valence-corrected chi connectivity index (χ2v) is 9.80. The highest BCUT2D eigenvalue weighted by molar-refractivity contribution is 8.16. The fourth-order valence-corrected chi connectivity index (χ4v) is 6.43. The Morgan fingerprint density at radius 3 is 2.52 bits per heavy atom. The number of amides is 1. The first-order valence-corrected chi connectivity index (χ1v) is 11.5. The molecule has 25 heavy (non-hydrogen) atoms. The van der Waals surface area contributed by atoms with Crippen molar-refractivity contribution in [3.05, 3.63) is 57.8 Å². The average molecular weight is 393 g/mol. The van der Waals surface area contributed by atoms with Gasteiger partial charge in [0, 0.05) is 12.1 Å². The largest absolute Gasteiger partial charge is 0.350 e. The zero-order valence-corrected chi connectivity index (χ0v) is 17.1. The summed E-state index contributed by atoms with van der Waals surface area (Å²) in [5.41, 5.74) is 3.30. The number of hydrogen-bond acceptors (Lipinski definition) is 5. The minimum Gasteiger partial charge on any atom is -0.350 e. The highest BCUT2D eigenvalue weighted by Gasteiger charge is 2.18. The van der Waals surface area contributed by atoms with Gasteiger partial charge in [0.2, 0.25) is 0 Å². The van der Waals surface area contributed by atoms with Crippen LogP contribution in [-0.2, 0) is 0 Å². The molecule has 0 radical (unpaired) electrons. The third kappa shape index (κ3) is 5.03. The molecule has 1 N–H and O–H groups in total. The Morgan fingerprint density at radius 2 is 1.92 bits per heavy atom. The Labute approximate surface area is 162 Å². The van der Waals surface area contributed by atoms with E-state index >= 15 is 0 Å². The van der Waals surface area contributed by atoms with Crippen molar-refractivity contribution in [2.45, 2.75) is 17.0 Å². The second kappa shape index (κ2) is 9.12. The van der Waals surface area contributed by atoms with Crippen molar-refractivity contribution in [2.24, 2.45) is 0 Å². The molecule has 1 aromatic carbocycles. The third-order valence-corrected chi connectivity index (χ3v) is 8.00. The van der Waals surface area contributed by atoms with Gasteiger partial charge in [-0.1, -0.05) is 12.1 Å². The molecular formula is C19H24N2OS3. The average Bonchev–Trinajstić information content (AvgIpc) is 3.16. The maximum absolute atomic E-state index is 12.5. The number of carbonyl (C=O) groups excluding carboxylic acids is 1. The van der Waals surface area contributed by atoms with E-state index in [1.165, 1.54) is 29.1 Å². The van der Waals surface area contributed by atoms with Gasteiger partial charge >= 0.3 is 0 Å². The van der Waals surface area contributed by atoms with Crippen molar-refractivity contribution in [3.63, 3.8) is 0 Å². The molecule has 3 rings (SSSR count). The summed E-state index contributed by atoms with van der Waals surface area (Å²) in [5, 5.41) is 7.30. The van der Waals surface area contributed by atoms with E-state index in [0.717, 1.165) is 5.56 Å². The molecule has 134 valence electrons. The molecule has 0 aliphatic carbocycles. The van der Waals surface area contributed by atoms with Crippen LogP contribution in [0.5, 0.6) is 0 Å². The minimum atomic E-state index is -0.00224. The summed E-state index contributed by atoms with van der Waals surface area (Å²) in [5.74, 6) is 2.46. The number of nitrogens with one attached hydrogen (secondary N) is 1. The van der Waals surface area contributed by atoms with Crippen molar-refractivity contribution in [1.29, 1.82) is 0 Å². The summed E-state index contributed by atoms with van der Waals surface area (Å²) >= 11 is 5.70. The molecule has 1 aliphatic heterocycles. The van der Waals surface area contributed by atoms with Gasteiger partial charge in [-0.2, -0.15) is 11.3 Å². The van der Waals surface area contributed by atoms with Gasteiger partial charge < -0.3 is 10.2 Å². The van der Waals surface area contributed by atoms with Crippen LogP contribution < -0.4 is 5.32 Å². The Kier molecular flexibility index (Phi) is 6.87. The van der Waals surface area contributed by atoms with Crippen LogP contribution in [0.2, 0.25) is 0 Å². The second-order valence-electron chi connectivity index (χ2n) is 6.30. The molecule has 1 fully saturated rings. The Hall–Kier alpha value is -0.950. The fraction of sp³-hybridized carbons (Fsp3) is 0.421. The summed E-state index contributed by atoms with van der Waals surface area (Å²) in [4.78, 5) is 14.6. The van der Waals surface area contributed by atoms with Gasteiger partial charge in [0.05, 0.1) is 10.6 Å². The van der Waals surface area contributed by atoms with Gasteiger partial charge in [0.25, 0.3) is 5.91 Å². The van der Waals surface area contributed by atoms with Gasteiger partial charge in [0.1, 0.15) is 0 Å². The third-order valence-electron chi connectivity index (χ3n) is 4.28. The first-order chi connectivity index (χ1) is 12.1. The van der Waals surface area contributed by atoms with E-state index < -0.39 is 0 Å². The summed E-state index contributed by atoms with van der Waals surface area (Å²) in [6, 6.07) is 10.4. The van der Waals surface area contributed by atoms with Crippen LogP contribution in [0.25, 0.3) is 0 Å². The Balaban J connectivity index is 1.59. The van der Waals surface area contributed by atoms with Gasteiger partial charge in [-0.3, -0.25) is 4.79 Å². The molecule has 0 unspecified atom stereocenters. The number of carbonyl (C=O) groups is 1. The molecule has 1 aromatic heterocycles. The van der Waals surface area contributed by atoms with Crippen molar-refractivity contribution in [3.8, 4) is 0 Å². The number of nitrogens with zero attached hydrogens (tertiary/aromatic N) is 1. The van der Waals surface area contributed by atoms with E-state index in [1.807, 2.05) is 49.8 Å². The SMILES string of the molecule is CN(C)[C@H](CNC(=O)c1ccc(C2SCCCS2)cc1)c1ccsc1. The number of hydrogen-bond donors (Lipinski definition) is 1. The molecule has 1 atom stereocenters. The van der Waals surface area contributed by atoms with Crippen LogP contribution in [0.4, 0.5) is 0 Å². The predicted molar refractivity (Wildman–Crippen MR) is 112 cm³/mol. The lowest BCUT2D eigenvalue weighted by molar-refractivity contribution is 0.0942. The fourth-order valence-electron chi connectivity index (χ4n) is 2.83. The molecule has 1 amide bonds. The maximum atomic E-state index is 12.5. The lowest BCUT2D eigenvalue weighted by Gasteiger charge is -2.24. The first-order valence-electron chi connectivity index (χ1n) is 8.45. The molecule has 0 spiro atoms. The smallest absolute Gasteiger partial charge is 0.251 e. The van der Waals surface area contributed by atoms with Gasteiger partial charge in [-0.15, -0.1) is 23.5 Å². The van der Waals surface area contributed by atoms with E-state index in [2.05, 4.69) is 39.2 Å². The summed E-state index contributed by atoms with van der Waals surface area (Å²) in [7, 11) is 4.09. The Morgan fingerprint density at radius 1 is 1.20 bits per heavy atom. The molecule has 6 heteroatoms. The topological polar surface area (TPSA) is 32.3 Å². The lowest BCUT2D eigenvalue weighted by atomic mass is 10.1. The molecule has 1 aliphatic rings. The normalized spacial score (nSPS) is 16.8. The predicted octanol–water partition coefficient (Wildman–Crippen LogP) is 4.65. The molecule has 3 nitrogen and oxygen atoms in total. The summed E-state index contributed by atoms with van der Waals surface area (Å²) in [6.45, 7) is 0.610. The molecule has 0 bridgehead atoms. The van der Waals surface area contributed by atoms with Crippen LogP contribution in [0.3, 0.4) is 0 Å². The van der Waals surface area contributed by atoms with Crippen molar-refractivity contribution in [1.82, 2.24) is 10.2 Å². The highest BCUT2D eigenvalue weighted by atomic mass is 32.2. The van der Waals surface area contributed by atoms with Gasteiger partial charge in [-0.05, 0) is 72.1 Å². The quantitative estimate of drug-likeness (QED) is 0.776. The highest BCUT2D eigenvalue weighted by Crippen LogP contribution is 2.43. The van der Waals surface area contributed by atoms with E-state index in [1.54, 1.807) is 11.3 Å². The van der Waals surface area contributed by atoms with Crippen molar-refractivity contribution >= 4 is 40.8 Å². The summed E-state index contributed by atoms with van der Waals surface area (Å²) < 4.78 is 0.516. The summed E-state index contributed by atoms with van der Waals surface area (Å²) in [6.07, 6.45) is 1.30. The minimum absolute atomic E-state index is 0.00224. The Bertz CT molecular complexity index is 664. The number of likely N-dealkylation sites (N-methyl/N-ethyl adjacent to an activating group) is 1. The van der Waals surface area contributed by atoms with Crippen LogP contribution in [-0.4, -0.2) is 43.0 Å². The van der Waals surface area contributed by atoms with Gasteiger partial charge in [-0.25, -0.2) is 0 Å². The number of benzene rings is 1. The van der Waals surface area contributed by atoms with E-state index in [0.29, 0.717) is 11.1 Å². The number of thiophene rings is 1. The molecule has 2 aromatic rings. The number of thioether (sulfide) groups is 2. The first kappa shape index (κ1) is 18.8. The lowest BCUT2D eigenvalue weighted by Crippen LogP contribution is -2.34. The molecular weight excluding hydrogens is 368 g/mol. The van der Waals surface area contributed by atoms with Gasteiger partial charge in [0.15, 0.2) is 0 Å². The molecule has 0 saturated carbocycles. The zero-order valence-electron chi connectivity index (χ0n) is 14.6. The van der Waals surface area contributed by atoms with Crippen molar-refractivity contribution < 1.29 is 4.79 Å². The van der Waals surface area contributed by atoms with Crippen LogP contribution >= 0.6 is 34.9 Å². The number of rotatable bonds is 6. The standard InChI is InChI=1S/C19H24N2OS3/c1-21(2)17(16-8-11-23-13-16)12-20-18(22)14-4-6-15(7-5-14)19-24-9-3-10-25-19/h4-8,11,13,17,19H,3,9-10,12H2,1-2H3,(H,20,22)/t17-/m1/s1. The van der Waals surface area contributed by atoms with E-state index in [9.17, 15) is 4.79 Å². The molecule has 2 heterocycles. The monoisotopic (exact) mass is 392 g/mol. The van der Waals surface area contributed by atoms with E-state index in [4.69, 9.17) is 0 Å². The van der Waals surface area contributed by atoms with E-state index in [-0.39, 0.29) is 11.9 Å².